The summed E-state index contributed by atoms with van der Waals surface area (Å²) < 4.78 is 2.01. The summed E-state index contributed by atoms with van der Waals surface area (Å²) in [5.74, 6) is -0.166. The van der Waals surface area contributed by atoms with E-state index in [2.05, 4.69) is 32.7 Å². The molecule has 1 aromatic rings. The predicted molar refractivity (Wildman–Crippen MR) is 78.6 cm³/mol. The normalized spacial score (nSPS) is 12.9. The van der Waals surface area contributed by atoms with E-state index in [0.29, 0.717) is 0 Å². The summed E-state index contributed by atoms with van der Waals surface area (Å²) in [4.78, 5) is 13.8. The molecule has 19 heavy (non-hydrogen) atoms. The standard InChI is InChI=1S/C15H26N2O2/c1-5-7-8-16(4)10-13-9-14(18)15(19)11-17(13)12(3)6-2/h9,11-12,19H,5-8,10H2,1-4H3. The quantitative estimate of drug-likeness (QED) is 0.825. The van der Waals surface area contributed by atoms with Gasteiger partial charge >= 0.3 is 0 Å². The molecule has 0 spiro atoms. The van der Waals surface area contributed by atoms with E-state index < -0.39 is 0 Å². The molecule has 0 bridgehead atoms. The van der Waals surface area contributed by atoms with E-state index in [1.54, 1.807) is 12.3 Å². The van der Waals surface area contributed by atoms with E-state index in [1.807, 2.05) is 4.57 Å². The number of nitrogens with zero attached hydrogens (tertiary/aromatic N) is 2. The molecule has 4 heteroatoms. The topological polar surface area (TPSA) is 45.5 Å². The minimum absolute atomic E-state index is 0.166. The zero-order valence-electron chi connectivity index (χ0n) is 12.5. The van der Waals surface area contributed by atoms with Crippen LogP contribution in [0.2, 0.25) is 0 Å². The van der Waals surface area contributed by atoms with Gasteiger partial charge in [0.15, 0.2) is 5.75 Å². The third kappa shape index (κ3) is 4.39. The highest BCUT2D eigenvalue weighted by atomic mass is 16.3. The van der Waals surface area contributed by atoms with Gasteiger partial charge in [0.2, 0.25) is 5.43 Å². The van der Waals surface area contributed by atoms with Crippen molar-refractivity contribution in [2.24, 2.45) is 0 Å². The molecule has 0 aliphatic carbocycles. The Morgan fingerprint density at radius 1 is 1.42 bits per heavy atom. The molecule has 0 radical (unpaired) electrons. The van der Waals surface area contributed by atoms with Crippen LogP contribution in [0.3, 0.4) is 0 Å². The molecule has 0 fully saturated rings. The van der Waals surface area contributed by atoms with Gasteiger partial charge in [0.25, 0.3) is 0 Å². The summed E-state index contributed by atoms with van der Waals surface area (Å²) >= 11 is 0. The third-order valence-corrected chi connectivity index (χ3v) is 3.53. The van der Waals surface area contributed by atoms with Crippen LogP contribution in [0.25, 0.3) is 0 Å². The lowest BCUT2D eigenvalue weighted by molar-refractivity contribution is 0.304. The highest BCUT2D eigenvalue weighted by molar-refractivity contribution is 5.21. The predicted octanol–water partition coefficient (Wildman–Crippen LogP) is 2.76. The lowest BCUT2D eigenvalue weighted by Gasteiger charge is -2.23. The largest absolute Gasteiger partial charge is 0.503 e. The molecule has 108 valence electrons. The zero-order chi connectivity index (χ0) is 14.4. The molecule has 1 unspecified atom stereocenters. The van der Waals surface area contributed by atoms with Gasteiger partial charge in [-0.1, -0.05) is 20.3 Å². The zero-order valence-corrected chi connectivity index (χ0v) is 12.5. The first-order chi connectivity index (χ1) is 8.99. The fourth-order valence-electron chi connectivity index (χ4n) is 2.10. The Kier molecular flexibility index (Phi) is 6.09. The number of aromatic nitrogens is 1. The molecule has 0 aromatic carbocycles. The van der Waals surface area contributed by atoms with E-state index in [0.717, 1.165) is 38.0 Å². The van der Waals surface area contributed by atoms with E-state index >= 15 is 0 Å². The van der Waals surface area contributed by atoms with Crippen molar-refractivity contribution in [2.45, 2.75) is 52.6 Å². The minimum Gasteiger partial charge on any atom is -0.503 e. The van der Waals surface area contributed by atoms with Crippen molar-refractivity contribution in [3.8, 4) is 5.75 Å². The summed E-state index contributed by atoms with van der Waals surface area (Å²) in [6.07, 6.45) is 4.85. The molecule has 0 saturated carbocycles. The molecule has 1 atom stereocenters. The van der Waals surface area contributed by atoms with Crippen LogP contribution in [0, 0.1) is 0 Å². The van der Waals surface area contributed by atoms with E-state index in [1.165, 1.54) is 0 Å². The lowest BCUT2D eigenvalue weighted by Crippen LogP contribution is -2.24. The van der Waals surface area contributed by atoms with Crippen molar-refractivity contribution in [3.05, 3.63) is 28.2 Å². The van der Waals surface area contributed by atoms with Gasteiger partial charge in [0, 0.05) is 24.3 Å². The molecule has 1 heterocycles. The summed E-state index contributed by atoms with van der Waals surface area (Å²) in [6.45, 7) is 8.12. The molecular formula is C15H26N2O2. The van der Waals surface area contributed by atoms with Crippen LogP contribution in [-0.4, -0.2) is 28.2 Å². The Labute approximate surface area is 115 Å². The number of rotatable bonds is 7. The Hall–Kier alpha value is -1.29. The number of pyridine rings is 1. The van der Waals surface area contributed by atoms with Crippen molar-refractivity contribution in [1.82, 2.24) is 9.47 Å². The van der Waals surface area contributed by atoms with E-state index in [4.69, 9.17) is 0 Å². The molecule has 1 aromatic heterocycles. The van der Waals surface area contributed by atoms with Crippen LogP contribution < -0.4 is 5.43 Å². The molecule has 0 aliphatic rings. The molecule has 0 saturated heterocycles. The SMILES string of the molecule is CCCCN(C)Cc1cc(=O)c(O)cn1C(C)CC. The minimum atomic E-state index is -0.293. The maximum Gasteiger partial charge on any atom is 0.223 e. The van der Waals surface area contributed by atoms with Crippen molar-refractivity contribution >= 4 is 0 Å². The average Bonchev–Trinajstić information content (AvgIpc) is 2.39. The van der Waals surface area contributed by atoms with Gasteiger partial charge in [0.05, 0.1) is 6.20 Å². The molecule has 1 N–H and O–H groups in total. The highest BCUT2D eigenvalue weighted by Crippen LogP contribution is 2.17. The Morgan fingerprint density at radius 3 is 2.68 bits per heavy atom. The van der Waals surface area contributed by atoms with Crippen LogP contribution >= 0.6 is 0 Å². The Bertz CT molecular complexity index is 454. The first-order valence-electron chi connectivity index (χ1n) is 7.12. The van der Waals surface area contributed by atoms with Crippen LogP contribution in [0.1, 0.15) is 51.8 Å². The van der Waals surface area contributed by atoms with Crippen LogP contribution in [0.4, 0.5) is 0 Å². The van der Waals surface area contributed by atoms with Crippen molar-refractivity contribution < 1.29 is 5.11 Å². The van der Waals surface area contributed by atoms with Gasteiger partial charge in [-0.05, 0) is 33.4 Å². The van der Waals surface area contributed by atoms with Gasteiger partial charge in [0.1, 0.15) is 0 Å². The third-order valence-electron chi connectivity index (χ3n) is 3.53. The lowest BCUT2D eigenvalue weighted by atomic mass is 10.2. The summed E-state index contributed by atoms with van der Waals surface area (Å²) in [6, 6.07) is 1.84. The molecule has 4 nitrogen and oxygen atoms in total. The van der Waals surface area contributed by atoms with Gasteiger partial charge < -0.3 is 14.6 Å². The Morgan fingerprint density at radius 2 is 2.11 bits per heavy atom. The monoisotopic (exact) mass is 266 g/mol. The second-order valence-electron chi connectivity index (χ2n) is 5.27. The van der Waals surface area contributed by atoms with Crippen LogP contribution in [0.15, 0.2) is 17.1 Å². The van der Waals surface area contributed by atoms with Gasteiger partial charge in [-0.3, -0.25) is 4.79 Å². The number of hydrogen-bond donors (Lipinski definition) is 1. The fraction of sp³-hybridized carbons (Fsp3) is 0.667. The summed E-state index contributed by atoms with van der Waals surface area (Å²) in [5.41, 5.74) is 0.675. The van der Waals surface area contributed by atoms with E-state index in [9.17, 15) is 9.90 Å². The number of hydrogen-bond acceptors (Lipinski definition) is 3. The first-order valence-corrected chi connectivity index (χ1v) is 7.12. The van der Waals surface area contributed by atoms with Crippen molar-refractivity contribution in [1.29, 1.82) is 0 Å². The molecule has 0 amide bonds. The second kappa shape index (κ2) is 7.34. The van der Waals surface area contributed by atoms with Crippen molar-refractivity contribution in [2.75, 3.05) is 13.6 Å². The first kappa shape index (κ1) is 15.8. The summed E-state index contributed by atoms with van der Waals surface area (Å²) in [7, 11) is 2.06. The number of aromatic hydroxyl groups is 1. The smallest absolute Gasteiger partial charge is 0.223 e. The van der Waals surface area contributed by atoms with E-state index in [-0.39, 0.29) is 17.2 Å². The van der Waals surface area contributed by atoms with Crippen molar-refractivity contribution in [3.63, 3.8) is 0 Å². The second-order valence-corrected chi connectivity index (χ2v) is 5.27. The van der Waals surface area contributed by atoms with Gasteiger partial charge in [-0.15, -0.1) is 0 Å². The molecular weight excluding hydrogens is 240 g/mol. The van der Waals surface area contributed by atoms with Crippen LogP contribution in [-0.2, 0) is 6.54 Å². The van der Waals surface area contributed by atoms with Gasteiger partial charge in [-0.2, -0.15) is 0 Å². The molecule has 1 rings (SSSR count). The summed E-state index contributed by atoms with van der Waals surface area (Å²) in [5, 5.41) is 9.60. The average molecular weight is 266 g/mol. The molecule has 0 aliphatic heterocycles. The van der Waals surface area contributed by atoms with Crippen LogP contribution in [0.5, 0.6) is 5.75 Å². The highest BCUT2D eigenvalue weighted by Gasteiger charge is 2.11. The Balaban J connectivity index is 2.97. The number of unbranched alkanes of at least 4 members (excludes halogenated alkanes) is 1. The van der Waals surface area contributed by atoms with Gasteiger partial charge in [-0.25, -0.2) is 0 Å². The maximum absolute atomic E-state index is 11.6. The maximum atomic E-state index is 11.6. The fourth-order valence-corrected chi connectivity index (χ4v) is 2.10.